The molecule has 3 aromatic carbocycles. The predicted octanol–water partition coefficient (Wildman–Crippen LogP) is 5.81. The van der Waals surface area contributed by atoms with Gasteiger partial charge in [-0.3, -0.25) is 0 Å². The molecular weight excluding hydrogens is 376 g/mol. The van der Waals surface area contributed by atoms with Crippen molar-refractivity contribution in [1.82, 2.24) is 9.97 Å². The van der Waals surface area contributed by atoms with Gasteiger partial charge < -0.3 is 14.8 Å². The van der Waals surface area contributed by atoms with Crippen molar-refractivity contribution < 1.29 is 14.6 Å². The fourth-order valence-electron chi connectivity index (χ4n) is 4.29. The number of carboxylic acids is 1. The number of carboxylic acid groups (broad SMARTS) is 1. The van der Waals surface area contributed by atoms with Gasteiger partial charge in [0.25, 0.3) is 0 Å². The van der Waals surface area contributed by atoms with Crippen LogP contribution in [0.25, 0.3) is 43.8 Å². The van der Waals surface area contributed by atoms with E-state index in [1.54, 1.807) is 7.11 Å². The molecule has 0 aliphatic carbocycles. The Kier molecular flexibility index (Phi) is 4.17. The van der Waals surface area contributed by atoms with Gasteiger partial charge in [-0.2, -0.15) is 0 Å². The number of nitrogens with zero attached hydrogens (tertiary/aromatic N) is 1. The monoisotopic (exact) mass is 396 g/mol. The Morgan fingerprint density at radius 2 is 1.87 bits per heavy atom. The number of pyridine rings is 1. The molecule has 5 rings (SSSR count). The van der Waals surface area contributed by atoms with E-state index in [0.29, 0.717) is 12.1 Å². The van der Waals surface area contributed by atoms with Crippen LogP contribution in [0.1, 0.15) is 23.0 Å². The van der Waals surface area contributed by atoms with Crippen LogP contribution in [0.4, 0.5) is 0 Å². The number of methoxy groups -OCH3 is 1. The van der Waals surface area contributed by atoms with Crippen LogP contribution in [-0.4, -0.2) is 28.2 Å². The molecule has 0 spiro atoms. The molecule has 2 aromatic heterocycles. The van der Waals surface area contributed by atoms with Crippen molar-refractivity contribution in [2.45, 2.75) is 13.3 Å². The van der Waals surface area contributed by atoms with Crippen molar-refractivity contribution in [2.75, 3.05) is 7.11 Å². The van der Waals surface area contributed by atoms with Crippen LogP contribution in [0.15, 0.2) is 60.7 Å². The Morgan fingerprint density at radius 1 is 1.07 bits per heavy atom. The van der Waals surface area contributed by atoms with Gasteiger partial charge in [0.1, 0.15) is 5.75 Å². The third kappa shape index (κ3) is 2.63. The SMILES string of the molecule is CCc1c(C(=O)O)nc(-c2cccc3ccccc23)c2[nH]c3ccc(OC)cc3c12. The van der Waals surface area contributed by atoms with Crippen molar-refractivity contribution in [2.24, 2.45) is 0 Å². The van der Waals surface area contributed by atoms with Crippen LogP contribution in [0.2, 0.25) is 0 Å². The molecule has 5 aromatic rings. The molecule has 0 aliphatic rings. The first-order chi connectivity index (χ1) is 14.6. The number of benzene rings is 3. The smallest absolute Gasteiger partial charge is 0.354 e. The number of nitrogens with one attached hydrogen (secondary N) is 1. The number of aromatic carboxylic acids is 1. The number of aromatic nitrogens is 2. The minimum absolute atomic E-state index is 0.0941. The number of H-pyrrole nitrogens is 1. The van der Waals surface area contributed by atoms with Crippen LogP contribution in [0, 0.1) is 0 Å². The van der Waals surface area contributed by atoms with Gasteiger partial charge in [-0.25, -0.2) is 9.78 Å². The van der Waals surface area contributed by atoms with Gasteiger partial charge in [0.15, 0.2) is 5.69 Å². The molecule has 0 radical (unpaired) electrons. The Hall–Kier alpha value is -3.86. The maximum absolute atomic E-state index is 12.2. The van der Waals surface area contributed by atoms with Crippen molar-refractivity contribution >= 4 is 38.5 Å². The van der Waals surface area contributed by atoms with E-state index in [9.17, 15) is 9.90 Å². The summed E-state index contributed by atoms with van der Waals surface area (Å²) >= 11 is 0. The summed E-state index contributed by atoms with van der Waals surface area (Å²) in [4.78, 5) is 20.3. The zero-order chi connectivity index (χ0) is 20.8. The molecule has 148 valence electrons. The maximum Gasteiger partial charge on any atom is 0.354 e. The second-order valence-electron chi connectivity index (χ2n) is 7.26. The third-order valence-corrected chi connectivity index (χ3v) is 5.65. The molecule has 5 heteroatoms. The lowest BCUT2D eigenvalue weighted by molar-refractivity contribution is 0.0689. The average molecular weight is 396 g/mol. The van der Waals surface area contributed by atoms with Crippen LogP contribution >= 0.6 is 0 Å². The molecule has 0 unspecified atom stereocenters. The first-order valence-corrected chi connectivity index (χ1v) is 9.86. The van der Waals surface area contributed by atoms with Crippen molar-refractivity contribution in [1.29, 1.82) is 0 Å². The standard InChI is InChI=1S/C25H20N2O3/c1-3-16-21-19-13-15(30-2)11-12-20(19)26-24(21)22(27-23(16)25(28)29)18-10-6-8-14-7-4-5-9-17(14)18/h4-13,26H,3H2,1-2H3,(H,28,29). The molecule has 5 nitrogen and oxygen atoms in total. The normalized spacial score (nSPS) is 11.4. The van der Waals surface area contributed by atoms with Crippen molar-refractivity contribution in [3.8, 4) is 17.0 Å². The minimum Gasteiger partial charge on any atom is -0.497 e. The minimum atomic E-state index is -1.02. The van der Waals surface area contributed by atoms with Crippen molar-refractivity contribution in [3.63, 3.8) is 0 Å². The Bertz CT molecular complexity index is 1440. The second-order valence-corrected chi connectivity index (χ2v) is 7.26. The van der Waals surface area contributed by atoms with Crippen LogP contribution < -0.4 is 4.74 Å². The summed E-state index contributed by atoms with van der Waals surface area (Å²) < 4.78 is 5.42. The van der Waals surface area contributed by atoms with E-state index in [4.69, 9.17) is 4.74 Å². The zero-order valence-electron chi connectivity index (χ0n) is 16.7. The van der Waals surface area contributed by atoms with Gasteiger partial charge >= 0.3 is 5.97 Å². The maximum atomic E-state index is 12.2. The number of hydrogen-bond donors (Lipinski definition) is 2. The highest BCUT2D eigenvalue weighted by atomic mass is 16.5. The number of aryl methyl sites for hydroxylation is 1. The third-order valence-electron chi connectivity index (χ3n) is 5.65. The summed E-state index contributed by atoms with van der Waals surface area (Å²) in [7, 11) is 1.63. The van der Waals surface area contributed by atoms with Gasteiger partial charge in [-0.05, 0) is 41.0 Å². The van der Waals surface area contributed by atoms with E-state index in [2.05, 4.69) is 9.97 Å². The van der Waals surface area contributed by atoms with Gasteiger partial charge in [-0.15, -0.1) is 0 Å². The van der Waals surface area contributed by atoms with E-state index < -0.39 is 5.97 Å². The Labute approximate surface area is 172 Å². The first kappa shape index (κ1) is 18.2. The number of carbonyl (C=O) groups is 1. The van der Waals surface area contributed by atoms with Gasteiger partial charge in [-0.1, -0.05) is 49.4 Å². The molecule has 0 saturated heterocycles. The van der Waals surface area contributed by atoms with Gasteiger partial charge in [0.2, 0.25) is 0 Å². The zero-order valence-corrected chi connectivity index (χ0v) is 16.7. The average Bonchev–Trinajstić information content (AvgIpc) is 3.16. The van der Waals surface area contributed by atoms with Crippen LogP contribution in [0.5, 0.6) is 5.75 Å². The molecule has 0 fully saturated rings. The van der Waals surface area contributed by atoms with E-state index in [0.717, 1.165) is 49.5 Å². The largest absolute Gasteiger partial charge is 0.497 e. The van der Waals surface area contributed by atoms with Crippen LogP contribution in [0.3, 0.4) is 0 Å². The summed E-state index contributed by atoms with van der Waals surface area (Å²) in [5.74, 6) is -0.293. The predicted molar refractivity (Wildman–Crippen MR) is 119 cm³/mol. The summed E-state index contributed by atoms with van der Waals surface area (Å²) in [5, 5.41) is 13.9. The summed E-state index contributed by atoms with van der Waals surface area (Å²) in [6, 6.07) is 19.9. The number of ether oxygens (including phenoxy) is 1. The highest BCUT2D eigenvalue weighted by molar-refractivity contribution is 6.16. The molecule has 0 amide bonds. The number of aromatic amines is 1. The van der Waals surface area contributed by atoms with E-state index in [-0.39, 0.29) is 5.69 Å². The second kappa shape index (κ2) is 6.88. The topological polar surface area (TPSA) is 75.2 Å². The molecule has 0 bridgehead atoms. The number of rotatable bonds is 4. The Morgan fingerprint density at radius 3 is 2.63 bits per heavy atom. The lowest BCUT2D eigenvalue weighted by Gasteiger charge is -2.12. The van der Waals surface area contributed by atoms with Crippen molar-refractivity contribution in [3.05, 3.63) is 71.9 Å². The van der Waals surface area contributed by atoms with Crippen LogP contribution in [-0.2, 0) is 6.42 Å². The van der Waals surface area contributed by atoms with E-state index in [1.807, 2.05) is 67.6 Å². The molecule has 0 saturated carbocycles. The quantitative estimate of drug-likeness (QED) is 0.402. The molecular formula is C25H20N2O3. The molecule has 30 heavy (non-hydrogen) atoms. The molecule has 0 aliphatic heterocycles. The van der Waals surface area contributed by atoms with Gasteiger partial charge in [0, 0.05) is 21.9 Å². The first-order valence-electron chi connectivity index (χ1n) is 9.86. The highest BCUT2D eigenvalue weighted by Crippen LogP contribution is 2.39. The molecule has 0 atom stereocenters. The summed E-state index contributed by atoms with van der Waals surface area (Å²) in [5.41, 5.74) is 4.13. The lowest BCUT2D eigenvalue weighted by atomic mass is 9.96. The summed E-state index contributed by atoms with van der Waals surface area (Å²) in [6.07, 6.45) is 0.561. The fourth-order valence-corrected chi connectivity index (χ4v) is 4.29. The molecule has 2 heterocycles. The number of hydrogen-bond acceptors (Lipinski definition) is 3. The number of fused-ring (bicyclic) bond motifs is 4. The lowest BCUT2D eigenvalue weighted by Crippen LogP contribution is -2.07. The summed E-state index contributed by atoms with van der Waals surface area (Å²) in [6.45, 7) is 1.96. The van der Waals surface area contributed by atoms with E-state index >= 15 is 0 Å². The van der Waals surface area contributed by atoms with E-state index in [1.165, 1.54) is 0 Å². The Balaban J connectivity index is 1.99. The fraction of sp³-hybridized carbons (Fsp3) is 0.120. The van der Waals surface area contributed by atoms with Gasteiger partial charge in [0.05, 0.1) is 18.3 Å². The molecule has 2 N–H and O–H groups in total. The highest BCUT2D eigenvalue weighted by Gasteiger charge is 2.23.